The molecule has 2 N–H and O–H groups in total. The van der Waals surface area contributed by atoms with Gasteiger partial charge in [0.25, 0.3) is 5.91 Å². The van der Waals surface area contributed by atoms with Crippen LogP contribution in [-0.2, 0) is 20.7 Å². The number of fused-ring (bicyclic) bond motifs is 2. The molecule has 1 unspecified atom stereocenters. The van der Waals surface area contributed by atoms with Gasteiger partial charge in [0.2, 0.25) is 5.88 Å². The van der Waals surface area contributed by atoms with Gasteiger partial charge < -0.3 is 29.6 Å². The van der Waals surface area contributed by atoms with Crippen molar-refractivity contribution in [2.45, 2.75) is 45.6 Å². The van der Waals surface area contributed by atoms with E-state index < -0.39 is 0 Å². The van der Waals surface area contributed by atoms with Gasteiger partial charge in [0.05, 0.1) is 29.2 Å². The van der Waals surface area contributed by atoms with Gasteiger partial charge in [-0.3, -0.25) is 4.79 Å². The minimum atomic E-state index is -0.375. The standard InChI is InChI=1S/C39H43FN4O5/c1-5-6-9-18-41-24-34(38(45)44-29-14-12-28(40)13-15-29)31-16-17-36(32-11-8-7-10-30(31)32)49-39-33-23-37(48-20-19-46-3)27(21-26(2)47-4)22-35(33)42-25-43-39/h7-8,10-17,22-26,41H,5-6,9,18-21H2,1-4H3,(H,44,45)/b34-24-. The number of anilines is 1. The Bertz CT molecular complexity index is 1900. The molecule has 1 atom stereocenters. The van der Waals surface area contributed by atoms with Gasteiger partial charge in [0.15, 0.2) is 0 Å². The van der Waals surface area contributed by atoms with E-state index in [9.17, 15) is 9.18 Å². The summed E-state index contributed by atoms with van der Waals surface area (Å²) < 4.78 is 36.9. The van der Waals surface area contributed by atoms with E-state index in [1.807, 2.05) is 55.5 Å². The van der Waals surface area contributed by atoms with Crippen molar-refractivity contribution in [1.82, 2.24) is 15.3 Å². The quantitative estimate of drug-likeness (QED) is 0.0759. The first-order chi connectivity index (χ1) is 23.9. The van der Waals surface area contributed by atoms with Gasteiger partial charge in [-0.05, 0) is 78.4 Å². The van der Waals surface area contributed by atoms with Crippen molar-refractivity contribution in [2.75, 3.05) is 39.3 Å². The van der Waals surface area contributed by atoms with Crippen LogP contribution < -0.4 is 20.1 Å². The number of hydrogen-bond donors (Lipinski definition) is 2. The Labute approximate surface area is 286 Å². The van der Waals surface area contributed by atoms with E-state index in [0.29, 0.717) is 64.7 Å². The van der Waals surface area contributed by atoms with Crippen LogP contribution >= 0.6 is 0 Å². The molecule has 0 spiro atoms. The number of carbonyl (C=O) groups is 1. The van der Waals surface area contributed by atoms with E-state index in [1.165, 1.54) is 30.6 Å². The molecule has 0 radical (unpaired) electrons. The minimum Gasteiger partial charge on any atom is -0.491 e. The van der Waals surface area contributed by atoms with Crippen LogP contribution in [0.3, 0.4) is 0 Å². The fourth-order valence-electron chi connectivity index (χ4n) is 5.45. The molecule has 10 heteroatoms. The van der Waals surface area contributed by atoms with Gasteiger partial charge in [-0.1, -0.05) is 44.0 Å². The van der Waals surface area contributed by atoms with Crippen LogP contribution in [0, 0.1) is 5.82 Å². The number of rotatable bonds is 17. The summed E-state index contributed by atoms with van der Waals surface area (Å²) in [5, 5.41) is 8.52. The summed E-state index contributed by atoms with van der Waals surface area (Å²) in [7, 11) is 3.32. The maximum absolute atomic E-state index is 13.7. The van der Waals surface area contributed by atoms with Crippen LogP contribution in [-0.4, -0.2) is 56.0 Å². The number of methoxy groups -OCH3 is 2. The number of benzene rings is 4. The Morgan fingerprint density at radius 1 is 0.918 bits per heavy atom. The number of unbranched alkanes of at least 4 members (excludes halogenated alkanes) is 2. The van der Waals surface area contributed by atoms with E-state index in [4.69, 9.17) is 18.9 Å². The summed E-state index contributed by atoms with van der Waals surface area (Å²) in [6, 6.07) is 21.0. The summed E-state index contributed by atoms with van der Waals surface area (Å²) in [6.45, 7) is 5.70. The molecule has 9 nitrogen and oxygen atoms in total. The second kappa shape index (κ2) is 17.4. The van der Waals surface area contributed by atoms with Crippen molar-refractivity contribution in [2.24, 2.45) is 0 Å². The molecule has 4 aromatic carbocycles. The van der Waals surface area contributed by atoms with Crippen LogP contribution in [0.1, 0.15) is 44.2 Å². The summed E-state index contributed by atoms with van der Waals surface area (Å²) in [5.41, 5.74) is 3.31. The number of aromatic nitrogens is 2. The number of ether oxygens (including phenoxy) is 4. The number of nitrogens with zero attached hydrogens (tertiary/aromatic N) is 2. The lowest BCUT2D eigenvalue weighted by molar-refractivity contribution is -0.111. The van der Waals surface area contributed by atoms with Gasteiger partial charge in [-0.2, -0.15) is 0 Å². The molecule has 256 valence electrons. The van der Waals surface area contributed by atoms with Crippen molar-refractivity contribution >= 4 is 38.8 Å². The zero-order valence-corrected chi connectivity index (χ0v) is 28.4. The molecule has 5 aromatic rings. The first kappa shape index (κ1) is 35.3. The minimum absolute atomic E-state index is 0.0204. The third-order valence-electron chi connectivity index (χ3n) is 8.13. The monoisotopic (exact) mass is 666 g/mol. The molecule has 1 aromatic heterocycles. The topological polar surface area (TPSA) is 104 Å². The molecule has 0 saturated heterocycles. The van der Waals surface area contributed by atoms with Crippen molar-refractivity contribution in [3.05, 3.63) is 102 Å². The van der Waals surface area contributed by atoms with Gasteiger partial charge in [0, 0.05) is 44.5 Å². The predicted molar refractivity (Wildman–Crippen MR) is 192 cm³/mol. The van der Waals surface area contributed by atoms with E-state index in [-0.39, 0.29) is 17.8 Å². The van der Waals surface area contributed by atoms with Gasteiger partial charge in [-0.25, -0.2) is 14.4 Å². The van der Waals surface area contributed by atoms with Crippen LogP contribution in [0.15, 0.2) is 85.3 Å². The molecule has 0 fully saturated rings. The van der Waals surface area contributed by atoms with Crippen LogP contribution in [0.25, 0.3) is 27.2 Å². The third kappa shape index (κ3) is 9.10. The Balaban J connectivity index is 1.52. The summed E-state index contributed by atoms with van der Waals surface area (Å²) >= 11 is 0. The number of carbonyl (C=O) groups excluding carboxylic acids is 1. The van der Waals surface area contributed by atoms with Crippen molar-refractivity contribution in [3.63, 3.8) is 0 Å². The predicted octanol–water partition coefficient (Wildman–Crippen LogP) is 8.08. The highest BCUT2D eigenvalue weighted by Gasteiger charge is 2.19. The zero-order valence-electron chi connectivity index (χ0n) is 28.4. The molecule has 0 bridgehead atoms. The molecule has 0 aliphatic rings. The van der Waals surface area contributed by atoms with E-state index >= 15 is 0 Å². The highest BCUT2D eigenvalue weighted by Crippen LogP contribution is 2.38. The van der Waals surface area contributed by atoms with Crippen LogP contribution in [0.5, 0.6) is 17.4 Å². The number of amides is 1. The summed E-state index contributed by atoms with van der Waals surface area (Å²) in [4.78, 5) is 22.8. The van der Waals surface area contributed by atoms with Gasteiger partial charge in [-0.15, -0.1) is 0 Å². The fourth-order valence-corrected chi connectivity index (χ4v) is 5.45. The van der Waals surface area contributed by atoms with Gasteiger partial charge >= 0.3 is 0 Å². The Morgan fingerprint density at radius 2 is 1.71 bits per heavy atom. The molecular weight excluding hydrogens is 623 g/mol. The normalized spacial score (nSPS) is 12.2. The van der Waals surface area contributed by atoms with Crippen LogP contribution in [0.4, 0.5) is 10.1 Å². The second-order valence-corrected chi connectivity index (χ2v) is 11.7. The first-order valence-corrected chi connectivity index (χ1v) is 16.5. The number of halogens is 1. The molecule has 0 aliphatic heterocycles. The lowest BCUT2D eigenvalue weighted by atomic mass is 9.97. The van der Waals surface area contributed by atoms with E-state index in [2.05, 4.69) is 27.5 Å². The highest BCUT2D eigenvalue weighted by molar-refractivity contribution is 6.27. The molecule has 1 heterocycles. The number of nitrogens with one attached hydrogen (secondary N) is 2. The molecule has 0 aliphatic carbocycles. The average molecular weight is 667 g/mol. The van der Waals surface area contributed by atoms with Gasteiger partial charge in [0.1, 0.15) is 30.3 Å². The molecular formula is C39H43FN4O5. The van der Waals surface area contributed by atoms with Crippen molar-refractivity contribution in [1.29, 1.82) is 0 Å². The smallest absolute Gasteiger partial charge is 0.257 e. The van der Waals surface area contributed by atoms with Crippen LogP contribution in [0.2, 0.25) is 0 Å². The Hall–Kier alpha value is -5.06. The lowest BCUT2D eigenvalue weighted by Gasteiger charge is -2.17. The van der Waals surface area contributed by atoms with E-state index in [1.54, 1.807) is 20.4 Å². The first-order valence-electron chi connectivity index (χ1n) is 16.5. The third-order valence-corrected chi connectivity index (χ3v) is 8.13. The Kier molecular flexibility index (Phi) is 12.5. The molecule has 49 heavy (non-hydrogen) atoms. The summed E-state index contributed by atoms with van der Waals surface area (Å²) in [5.74, 6) is 0.914. The molecule has 5 rings (SSSR count). The maximum Gasteiger partial charge on any atom is 0.257 e. The molecule has 1 amide bonds. The number of hydrogen-bond acceptors (Lipinski definition) is 8. The van der Waals surface area contributed by atoms with Crippen molar-refractivity contribution in [3.8, 4) is 17.4 Å². The second-order valence-electron chi connectivity index (χ2n) is 11.7. The SMILES string of the molecule is CCCCCN/C=C(\C(=O)Nc1ccc(F)cc1)c1ccc(Oc2ncnc3cc(CC(C)OC)c(OCCOC)cc23)c2ccccc12. The summed E-state index contributed by atoms with van der Waals surface area (Å²) in [6.07, 6.45) is 7.00. The molecule has 0 saturated carbocycles. The maximum atomic E-state index is 13.7. The largest absolute Gasteiger partial charge is 0.491 e. The van der Waals surface area contributed by atoms with Crippen molar-refractivity contribution < 1.29 is 28.1 Å². The zero-order chi connectivity index (χ0) is 34.6. The van der Waals surface area contributed by atoms with E-state index in [0.717, 1.165) is 42.1 Å². The average Bonchev–Trinajstić information content (AvgIpc) is 3.11. The fraction of sp³-hybridized carbons (Fsp3) is 0.308. The lowest BCUT2D eigenvalue weighted by Crippen LogP contribution is -2.17. The highest BCUT2D eigenvalue weighted by atomic mass is 19.1. The Morgan fingerprint density at radius 3 is 2.47 bits per heavy atom.